The molecule has 0 fully saturated rings. The van der Waals surface area contributed by atoms with E-state index in [0.29, 0.717) is 38.5 Å². The third-order valence-corrected chi connectivity index (χ3v) is 15.7. The Morgan fingerprint density at radius 3 is 1.16 bits per heavy atom. The van der Waals surface area contributed by atoms with Gasteiger partial charge in [0, 0.05) is 13.0 Å². The van der Waals surface area contributed by atoms with E-state index in [0.717, 1.165) is 19.3 Å². The van der Waals surface area contributed by atoms with Crippen molar-refractivity contribution < 1.29 is 57.8 Å². The van der Waals surface area contributed by atoms with Crippen molar-refractivity contribution in [3.63, 3.8) is 0 Å². The fourth-order valence-corrected chi connectivity index (χ4v) is 10.3. The lowest BCUT2D eigenvalue weighted by Crippen LogP contribution is -2.62. The molecule has 536 valence electrons. The summed E-state index contributed by atoms with van der Waals surface area (Å²) < 4.78 is 0. The Balaban J connectivity index is 6.89. The van der Waals surface area contributed by atoms with Crippen molar-refractivity contribution in [2.24, 2.45) is 63.3 Å². The maximum absolute atomic E-state index is 14.6. The third kappa shape index (κ3) is 38.9. The molecular formula is C65H124N16O12. The van der Waals surface area contributed by atoms with Crippen molar-refractivity contribution >= 4 is 70.9 Å². The van der Waals surface area contributed by atoms with Crippen molar-refractivity contribution in [3.05, 3.63) is 0 Å². The number of nitrogens with zero attached hydrogens (tertiary/aromatic N) is 1. The van der Waals surface area contributed by atoms with Crippen LogP contribution in [0.4, 0.5) is 0 Å². The molecule has 28 heteroatoms. The molecule has 11 atom stereocenters. The molecule has 0 spiro atoms. The lowest BCUT2D eigenvalue weighted by molar-refractivity contribution is -0.137. The summed E-state index contributed by atoms with van der Waals surface area (Å²) in [6, 6.07) is -11.5. The number of carbonyl (C=O) groups is 11. The fourth-order valence-electron chi connectivity index (χ4n) is 10.3. The van der Waals surface area contributed by atoms with Crippen LogP contribution < -0.4 is 81.8 Å². The predicted octanol–water partition coefficient (Wildman–Crippen LogP) is 1.40. The second-order valence-corrected chi connectivity index (χ2v) is 26.5. The fraction of sp³-hybridized carbons (Fsp3) is 0.815. The number of primary amides is 1. The topological polar surface area (TPSA) is 471 Å². The minimum absolute atomic E-state index is 0.00472. The number of nitrogens with two attached hydrogens (primary N) is 5. The normalized spacial score (nSPS) is 15.0. The SMILES string of the molecule is CCCCCCCCCCC(=O)NCC(=O)N[C@@H](CC(C)C)C(=O)N[C@@H](CC(C)C)C(=O)N[C@@H](CCCCN)C(=O)N[C@@H](CCCN=C(N)N)C(=O)N[C@H](C(=O)N[C@@H](CCCCN)C(=O)N[C@H](C(=O)N[C@@H](CC(C)C)C(=O)N[C@@H](CC(C)C)C(N)=O)[C@@H](C)O)[C@@H](C)CC. The Labute approximate surface area is 554 Å². The molecule has 0 aliphatic rings. The van der Waals surface area contributed by atoms with Crippen molar-refractivity contribution in [2.75, 3.05) is 26.2 Å². The van der Waals surface area contributed by atoms with Crippen LogP contribution in [0.15, 0.2) is 4.99 Å². The van der Waals surface area contributed by atoms with Crippen LogP contribution in [-0.4, -0.2) is 163 Å². The number of carbonyl (C=O) groups excluding carboxylic acids is 11. The maximum atomic E-state index is 14.6. The number of aliphatic imine (C=N–C) groups is 1. The van der Waals surface area contributed by atoms with Crippen LogP contribution in [0.25, 0.3) is 0 Å². The highest BCUT2D eigenvalue weighted by molar-refractivity contribution is 5.99. The maximum Gasteiger partial charge on any atom is 0.245 e. The van der Waals surface area contributed by atoms with E-state index in [4.69, 9.17) is 28.7 Å². The first-order valence-electron chi connectivity index (χ1n) is 34.2. The van der Waals surface area contributed by atoms with Gasteiger partial charge >= 0.3 is 0 Å². The Morgan fingerprint density at radius 2 is 0.742 bits per heavy atom. The number of guanidine groups is 1. The summed E-state index contributed by atoms with van der Waals surface area (Å²) in [4.78, 5) is 156. The smallest absolute Gasteiger partial charge is 0.245 e. The minimum Gasteiger partial charge on any atom is -0.391 e. The molecule has 0 unspecified atom stereocenters. The standard InChI is InChI=1S/C65H124N16O12/c1-13-15-16-17-18-19-20-21-30-52(83)72-38-53(84)73-49(35-40(5)6)60(89)78-50(36-41(7)8)61(90)75-45(27-22-24-31-66)57(86)74-47(29-26-33-71-65(69)70)58(87)80-54(43(11)14-2)63(92)76-46(28-23-25-32-67)59(88)81-55(44(12)82)64(93)79-51(37-42(9)10)62(91)77-48(56(68)85)34-39(3)4/h39-51,54-55,82H,13-38,66-67H2,1-12H3,(H2,68,85)(H,72,83)(H,73,84)(H,74,86)(H,75,90)(H,76,92)(H,77,91)(H,78,89)(H,79,93)(H,80,87)(H,81,88)(H4,69,70,71)/t43-,44+,45-,46-,47-,48-,49-,50-,51-,54-,55-/m0/s1. The number of unbranched alkanes of at least 4 members (excludes halogenated alkanes) is 9. The summed E-state index contributed by atoms with van der Waals surface area (Å²) in [5.41, 5.74) is 28.5. The number of hydrogen-bond acceptors (Lipinski definition) is 15. The Morgan fingerprint density at radius 1 is 0.387 bits per heavy atom. The molecule has 0 bridgehead atoms. The average Bonchev–Trinajstić information content (AvgIpc) is 0.965. The van der Waals surface area contributed by atoms with Crippen LogP contribution in [-0.2, 0) is 52.7 Å². The summed E-state index contributed by atoms with van der Waals surface area (Å²) in [7, 11) is 0. The zero-order valence-electron chi connectivity index (χ0n) is 58.3. The van der Waals surface area contributed by atoms with Gasteiger partial charge in [0.15, 0.2) is 5.96 Å². The molecule has 0 saturated carbocycles. The Bertz CT molecular complexity index is 2300. The molecule has 0 aromatic carbocycles. The number of amides is 11. The highest BCUT2D eigenvalue weighted by Crippen LogP contribution is 2.16. The summed E-state index contributed by atoms with van der Waals surface area (Å²) in [6.07, 6.45) is 10.0. The molecule has 28 nitrogen and oxygen atoms in total. The molecule has 0 heterocycles. The molecule has 0 saturated heterocycles. The number of aliphatic hydroxyl groups is 1. The van der Waals surface area contributed by atoms with Gasteiger partial charge in [-0.25, -0.2) is 0 Å². The van der Waals surface area contributed by atoms with E-state index in [-0.39, 0.29) is 120 Å². The molecule has 0 aromatic heterocycles. The van der Waals surface area contributed by atoms with Gasteiger partial charge in [0.2, 0.25) is 65.0 Å². The van der Waals surface area contributed by atoms with E-state index in [1.165, 1.54) is 32.6 Å². The largest absolute Gasteiger partial charge is 0.391 e. The van der Waals surface area contributed by atoms with Crippen LogP contribution in [0.5, 0.6) is 0 Å². The van der Waals surface area contributed by atoms with Gasteiger partial charge in [-0.05, 0) is 133 Å². The van der Waals surface area contributed by atoms with Gasteiger partial charge in [-0.15, -0.1) is 0 Å². The molecular weight excluding hydrogens is 1200 g/mol. The van der Waals surface area contributed by atoms with Crippen molar-refractivity contribution in [1.29, 1.82) is 0 Å². The van der Waals surface area contributed by atoms with Gasteiger partial charge in [0.25, 0.3) is 0 Å². The Hall–Kier alpha value is -6.68. The number of rotatable bonds is 52. The highest BCUT2D eigenvalue weighted by atomic mass is 16.3. The summed E-state index contributed by atoms with van der Waals surface area (Å²) in [5, 5.41) is 37.9. The molecule has 0 radical (unpaired) electrons. The minimum atomic E-state index is -1.64. The van der Waals surface area contributed by atoms with Gasteiger partial charge in [-0.1, -0.05) is 128 Å². The monoisotopic (exact) mass is 1320 g/mol. The molecule has 93 heavy (non-hydrogen) atoms. The van der Waals surface area contributed by atoms with E-state index in [9.17, 15) is 57.8 Å². The van der Waals surface area contributed by atoms with Crippen molar-refractivity contribution in [2.45, 2.75) is 285 Å². The van der Waals surface area contributed by atoms with Gasteiger partial charge in [0.05, 0.1) is 12.6 Å². The molecule has 21 N–H and O–H groups in total. The lowest BCUT2D eigenvalue weighted by Gasteiger charge is -2.30. The Kier molecular flexibility index (Phi) is 45.4. The van der Waals surface area contributed by atoms with E-state index >= 15 is 0 Å². The van der Waals surface area contributed by atoms with Crippen LogP contribution >= 0.6 is 0 Å². The molecule has 0 rings (SSSR count). The second kappa shape index (κ2) is 49.0. The van der Waals surface area contributed by atoms with Crippen LogP contribution in [0.1, 0.15) is 224 Å². The second-order valence-electron chi connectivity index (χ2n) is 26.5. The van der Waals surface area contributed by atoms with Crippen LogP contribution in [0.3, 0.4) is 0 Å². The zero-order valence-corrected chi connectivity index (χ0v) is 58.3. The average molecular weight is 1320 g/mol. The number of hydrogen-bond donors (Lipinski definition) is 16. The van der Waals surface area contributed by atoms with Crippen molar-refractivity contribution in [1.82, 2.24) is 53.2 Å². The first-order valence-corrected chi connectivity index (χ1v) is 34.2. The van der Waals surface area contributed by atoms with Gasteiger partial charge in [0.1, 0.15) is 54.4 Å². The van der Waals surface area contributed by atoms with Gasteiger partial charge in [-0.3, -0.25) is 57.7 Å². The molecule has 0 aromatic rings. The third-order valence-electron chi connectivity index (χ3n) is 15.7. The molecule has 0 aliphatic carbocycles. The summed E-state index contributed by atoms with van der Waals surface area (Å²) in [6.45, 7) is 21.9. The van der Waals surface area contributed by atoms with E-state index in [1.807, 2.05) is 55.4 Å². The highest BCUT2D eigenvalue weighted by Gasteiger charge is 2.38. The number of aliphatic hydroxyl groups excluding tert-OH is 1. The first kappa shape index (κ1) is 86.3. The summed E-state index contributed by atoms with van der Waals surface area (Å²) in [5.74, 6) is -9.03. The first-order chi connectivity index (χ1) is 43.8. The van der Waals surface area contributed by atoms with E-state index < -0.39 is 125 Å². The van der Waals surface area contributed by atoms with Gasteiger partial charge in [-0.2, -0.15) is 0 Å². The predicted molar refractivity (Wildman–Crippen MR) is 361 cm³/mol. The molecule has 11 amide bonds. The van der Waals surface area contributed by atoms with Gasteiger partial charge < -0.3 is 86.9 Å². The lowest BCUT2D eigenvalue weighted by atomic mass is 9.96. The van der Waals surface area contributed by atoms with Crippen molar-refractivity contribution in [3.8, 4) is 0 Å². The van der Waals surface area contributed by atoms with E-state index in [1.54, 1.807) is 13.8 Å². The zero-order chi connectivity index (χ0) is 70.8. The quantitative estimate of drug-likeness (QED) is 0.0233. The summed E-state index contributed by atoms with van der Waals surface area (Å²) >= 11 is 0. The number of nitrogens with one attached hydrogen (secondary N) is 10. The van der Waals surface area contributed by atoms with Crippen LogP contribution in [0.2, 0.25) is 0 Å². The molecule has 0 aliphatic heterocycles. The van der Waals surface area contributed by atoms with Crippen LogP contribution in [0, 0.1) is 29.6 Å². The van der Waals surface area contributed by atoms with E-state index in [2.05, 4.69) is 65.1 Å².